The van der Waals surface area contributed by atoms with E-state index in [1.807, 2.05) is 18.2 Å². The van der Waals surface area contributed by atoms with E-state index in [4.69, 9.17) is 21.7 Å². The second-order valence-electron chi connectivity index (χ2n) is 7.23. The lowest BCUT2D eigenvalue weighted by atomic mass is 9.90. The Kier molecular flexibility index (Phi) is 4.28. The first-order valence-corrected chi connectivity index (χ1v) is 9.92. The van der Waals surface area contributed by atoms with Gasteiger partial charge < -0.3 is 14.8 Å². The summed E-state index contributed by atoms with van der Waals surface area (Å²) in [5, 5.41) is 3.64. The number of benzene rings is 2. The number of methoxy groups -OCH3 is 2. The molecule has 0 saturated heterocycles. The summed E-state index contributed by atoms with van der Waals surface area (Å²) >= 11 is 7.62. The van der Waals surface area contributed by atoms with Gasteiger partial charge in [0.25, 0.3) is 0 Å². The number of rotatable bonds is 3. The number of anilines is 1. The molecule has 2 aromatic carbocycles. The number of hydrogen-bond acceptors (Lipinski definition) is 5. The third-order valence-electron chi connectivity index (χ3n) is 4.87. The normalized spacial score (nSPS) is 14.1. The van der Waals surface area contributed by atoms with Crippen LogP contribution in [0.2, 0.25) is 0 Å². The van der Waals surface area contributed by atoms with Gasteiger partial charge in [-0.15, -0.1) is 0 Å². The smallest absolute Gasteiger partial charge is 0.143 e. The molecule has 0 bridgehead atoms. The highest BCUT2D eigenvalue weighted by atomic mass is 32.1. The predicted molar refractivity (Wildman–Crippen MR) is 114 cm³/mol. The number of hydrogen-bond donors (Lipinski definition) is 1. The minimum absolute atomic E-state index is 0.225. The van der Waals surface area contributed by atoms with Crippen molar-refractivity contribution in [2.75, 3.05) is 19.5 Å². The Balaban J connectivity index is 2.03. The van der Waals surface area contributed by atoms with Crippen LogP contribution in [-0.4, -0.2) is 18.2 Å². The Hall–Kier alpha value is -2.31. The summed E-state index contributed by atoms with van der Waals surface area (Å²) in [7, 11) is 3.37. The van der Waals surface area contributed by atoms with Crippen molar-refractivity contribution in [3.05, 3.63) is 51.5 Å². The summed E-state index contributed by atoms with van der Waals surface area (Å²) in [5.41, 5.74) is 5.16. The van der Waals surface area contributed by atoms with Gasteiger partial charge in [-0.2, -0.15) is 0 Å². The van der Waals surface area contributed by atoms with Gasteiger partial charge in [-0.05, 0) is 56.7 Å². The zero-order valence-electron chi connectivity index (χ0n) is 16.0. The zero-order valence-corrected chi connectivity index (χ0v) is 17.7. The van der Waals surface area contributed by atoms with Crippen LogP contribution < -0.4 is 14.8 Å². The second kappa shape index (κ2) is 6.39. The molecule has 0 atom stereocenters. The SMILES string of the molecule is COc1ccc2c(c1)-c1c(sn(-c3cc(C)ccc3OC)c1=S)C(C)(C)N2. The molecule has 0 radical (unpaired) electrons. The van der Waals surface area contributed by atoms with Crippen LogP contribution in [0.25, 0.3) is 16.8 Å². The number of nitrogens with zero attached hydrogens (tertiary/aromatic N) is 1. The molecule has 4 nitrogen and oxygen atoms in total. The lowest BCUT2D eigenvalue weighted by Crippen LogP contribution is -2.30. The van der Waals surface area contributed by atoms with E-state index in [2.05, 4.69) is 48.2 Å². The molecular weight excluding hydrogens is 376 g/mol. The fourth-order valence-corrected chi connectivity index (χ4v) is 5.18. The standard InChI is InChI=1S/C21H22N2O2S2/c1-12-6-9-17(25-5)16(10-12)23-20(26)18-14-11-13(24-4)7-8-15(14)22-21(2,3)19(18)27-23/h6-11,22H,1-5H3. The van der Waals surface area contributed by atoms with E-state index in [0.717, 1.165) is 38.6 Å². The highest BCUT2D eigenvalue weighted by Gasteiger charge is 2.35. The molecule has 0 fully saturated rings. The molecular formula is C21H22N2O2S2. The molecule has 140 valence electrons. The first-order chi connectivity index (χ1) is 12.9. The van der Waals surface area contributed by atoms with Crippen LogP contribution in [0, 0.1) is 11.6 Å². The van der Waals surface area contributed by atoms with Crippen LogP contribution in [0.4, 0.5) is 5.69 Å². The average molecular weight is 399 g/mol. The number of fused-ring (bicyclic) bond motifs is 3. The summed E-state index contributed by atoms with van der Waals surface area (Å²) in [6, 6.07) is 12.2. The van der Waals surface area contributed by atoms with Crippen molar-refractivity contribution >= 4 is 29.4 Å². The summed E-state index contributed by atoms with van der Waals surface area (Å²) in [4.78, 5) is 1.21. The van der Waals surface area contributed by atoms with Crippen LogP contribution in [0.5, 0.6) is 11.5 Å². The van der Waals surface area contributed by atoms with Gasteiger partial charge in [-0.25, -0.2) is 0 Å². The maximum atomic E-state index is 5.95. The van der Waals surface area contributed by atoms with Crippen molar-refractivity contribution < 1.29 is 9.47 Å². The number of nitrogens with one attached hydrogen (secondary N) is 1. The first kappa shape index (κ1) is 18.1. The molecule has 6 heteroatoms. The molecule has 4 rings (SSSR count). The molecule has 3 aromatic rings. The predicted octanol–water partition coefficient (Wildman–Crippen LogP) is 5.92. The molecule has 2 heterocycles. The van der Waals surface area contributed by atoms with Crippen LogP contribution >= 0.6 is 23.8 Å². The van der Waals surface area contributed by atoms with E-state index in [1.165, 1.54) is 10.4 Å². The van der Waals surface area contributed by atoms with E-state index >= 15 is 0 Å². The summed E-state index contributed by atoms with van der Waals surface area (Å²) < 4.78 is 13.9. The number of aromatic nitrogens is 1. The van der Waals surface area contributed by atoms with Gasteiger partial charge in [0, 0.05) is 16.8 Å². The van der Waals surface area contributed by atoms with Crippen molar-refractivity contribution in [1.29, 1.82) is 0 Å². The van der Waals surface area contributed by atoms with E-state index < -0.39 is 0 Å². The van der Waals surface area contributed by atoms with Gasteiger partial charge >= 0.3 is 0 Å². The third kappa shape index (κ3) is 2.84. The maximum Gasteiger partial charge on any atom is 0.143 e. The molecule has 0 saturated carbocycles. The summed E-state index contributed by atoms with van der Waals surface area (Å²) in [6.45, 7) is 6.44. The van der Waals surface area contributed by atoms with Crippen molar-refractivity contribution in [3.8, 4) is 28.3 Å². The minimum atomic E-state index is -0.225. The molecule has 27 heavy (non-hydrogen) atoms. The molecule has 0 amide bonds. The van der Waals surface area contributed by atoms with E-state index in [9.17, 15) is 0 Å². The van der Waals surface area contributed by atoms with Gasteiger partial charge in [-0.3, -0.25) is 3.96 Å². The fraction of sp³-hybridized carbons (Fsp3) is 0.286. The van der Waals surface area contributed by atoms with Gasteiger partial charge in [-0.1, -0.05) is 29.8 Å². The van der Waals surface area contributed by atoms with Gasteiger partial charge in [0.05, 0.1) is 30.3 Å². The maximum absolute atomic E-state index is 5.95. The summed E-state index contributed by atoms with van der Waals surface area (Å²) in [6.07, 6.45) is 0. The Labute approximate surface area is 168 Å². The second-order valence-corrected chi connectivity index (χ2v) is 8.57. The number of aryl methyl sites for hydroxylation is 1. The average Bonchev–Trinajstić information content (AvgIpc) is 3.00. The summed E-state index contributed by atoms with van der Waals surface area (Å²) in [5.74, 6) is 1.63. The van der Waals surface area contributed by atoms with Crippen LogP contribution in [-0.2, 0) is 5.54 Å². The molecule has 0 unspecified atom stereocenters. The minimum Gasteiger partial charge on any atom is -0.497 e. The topological polar surface area (TPSA) is 35.4 Å². The number of ether oxygens (including phenoxy) is 2. The Morgan fingerprint density at radius 3 is 2.56 bits per heavy atom. The van der Waals surface area contributed by atoms with Gasteiger partial charge in [0.15, 0.2) is 0 Å². The Morgan fingerprint density at radius 2 is 1.85 bits per heavy atom. The Bertz CT molecular complexity index is 1100. The van der Waals surface area contributed by atoms with E-state index in [1.54, 1.807) is 25.8 Å². The molecule has 1 aliphatic heterocycles. The Morgan fingerprint density at radius 1 is 1.07 bits per heavy atom. The molecule has 0 spiro atoms. The molecule has 1 aromatic heterocycles. The van der Waals surface area contributed by atoms with Crippen molar-refractivity contribution in [2.24, 2.45) is 0 Å². The molecule has 1 N–H and O–H groups in total. The van der Waals surface area contributed by atoms with Crippen molar-refractivity contribution in [3.63, 3.8) is 0 Å². The molecule has 0 aliphatic carbocycles. The van der Waals surface area contributed by atoms with Crippen LogP contribution in [0.15, 0.2) is 36.4 Å². The van der Waals surface area contributed by atoms with Crippen molar-refractivity contribution in [1.82, 2.24) is 3.96 Å². The lowest BCUT2D eigenvalue weighted by molar-refractivity contribution is 0.413. The van der Waals surface area contributed by atoms with Gasteiger partial charge in [0.1, 0.15) is 16.1 Å². The van der Waals surface area contributed by atoms with Crippen LogP contribution in [0.1, 0.15) is 24.3 Å². The van der Waals surface area contributed by atoms with Crippen molar-refractivity contribution in [2.45, 2.75) is 26.3 Å². The van der Waals surface area contributed by atoms with E-state index in [0.29, 0.717) is 0 Å². The largest absolute Gasteiger partial charge is 0.497 e. The van der Waals surface area contributed by atoms with E-state index in [-0.39, 0.29) is 5.54 Å². The third-order valence-corrected chi connectivity index (χ3v) is 6.83. The first-order valence-electron chi connectivity index (χ1n) is 8.74. The van der Waals surface area contributed by atoms with Crippen LogP contribution in [0.3, 0.4) is 0 Å². The quantitative estimate of drug-likeness (QED) is 0.555. The molecule has 1 aliphatic rings. The lowest BCUT2D eigenvalue weighted by Gasteiger charge is -2.33. The monoisotopic (exact) mass is 398 g/mol. The highest BCUT2D eigenvalue weighted by molar-refractivity contribution is 7.71. The highest BCUT2D eigenvalue weighted by Crippen LogP contribution is 2.48. The van der Waals surface area contributed by atoms with Gasteiger partial charge in [0.2, 0.25) is 0 Å². The zero-order chi connectivity index (χ0) is 19.3. The fourth-order valence-electron chi connectivity index (χ4n) is 3.52.